The van der Waals surface area contributed by atoms with Crippen molar-refractivity contribution >= 4 is 17.2 Å². The van der Waals surface area contributed by atoms with Gasteiger partial charge in [-0.25, -0.2) is 0 Å². The van der Waals surface area contributed by atoms with Gasteiger partial charge in [0.05, 0.1) is 45.7 Å². The normalized spacial score (nSPS) is 18.0. The van der Waals surface area contributed by atoms with Gasteiger partial charge in [0.2, 0.25) is 0 Å². The molecule has 0 fully saturated rings. The molecule has 5 nitrogen and oxygen atoms in total. The van der Waals surface area contributed by atoms with Crippen LogP contribution in [-0.4, -0.2) is 31.5 Å². The van der Waals surface area contributed by atoms with Crippen molar-refractivity contribution in [1.29, 1.82) is 0 Å². The first-order valence-corrected chi connectivity index (χ1v) is 19.8. The summed E-state index contributed by atoms with van der Waals surface area (Å²) < 4.78 is 33.1. The van der Waals surface area contributed by atoms with Gasteiger partial charge in [0.15, 0.2) is 0 Å². The third-order valence-electron chi connectivity index (χ3n) is 10.0. The zero-order chi connectivity index (χ0) is 38.4. The Morgan fingerprint density at radius 3 is 1.59 bits per heavy atom. The van der Waals surface area contributed by atoms with Crippen LogP contribution in [0.25, 0.3) is 5.57 Å². The van der Waals surface area contributed by atoms with E-state index in [1.807, 2.05) is 97.9 Å². The Labute approximate surface area is 336 Å². The highest BCUT2D eigenvalue weighted by Crippen LogP contribution is 2.39. The van der Waals surface area contributed by atoms with Crippen LogP contribution in [0.1, 0.15) is 45.9 Å². The van der Waals surface area contributed by atoms with E-state index in [9.17, 15) is 0 Å². The lowest BCUT2D eigenvalue weighted by molar-refractivity contribution is -0.158. The van der Waals surface area contributed by atoms with Gasteiger partial charge in [-0.05, 0) is 82.1 Å². The van der Waals surface area contributed by atoms with E-state index in [0.717, 1.165) is 50.3 Å². The first-order valence-electron chi connectivity index (χ1n) is 19.4. The molecule has 286 valence electrons. The molecule has 0 saturated carbocycles. The molecule has 0 unspecified atom stereocenters. The Hall–Kier alpha value is -5.01. The van der Waals surface area contributed by atoms with E-state index < -0.39 is 12.2 Å². The average molecular weight is 765 g/mol. The smallest absolute Gasteiger partial charge is 0.119 e. The highest BCUT2D eigenvalue weighted by atomic mass is 35.5. The summed E-state index contributed by atoms with van der Waals surface area (Å²) in [5, 5.41) is 0.712. The van der Waals surface area contributed by atoms with Crippen molar-refractivity contribution in [3.8, 4) is 5.75 Å². The van der Waals surface area contributed by atoms with E-state index in [4.69, 9.17) is 35.3 Å². The lowest BCUT2D eigenvalue weighted by Crippen LogP contribution is -2.50. The van der Waals surface area contributed by atoms with Crippen LogP contribution in [0.15, 0.2) is 170 Å². The maximum absolute atomic E-state index is 7.01. The number of halogens is 1. The van der Waals surface area contributed by atoms with Gasteiger partial charge in [-0.15, -0.1) is 0 Å². The van der Waals surface area contributed by atoms with Crippen molar-refractivity contribution in [3.63, 3.8) is 0 Å². The molecule has 6 heteroatoms. The molecule has 0 aliphatic heterocycles. The van der Waals surface area contributed by atoms with E-state index in [2.05, 4.69) is 78.9 Å². The third kappa shape index (κ3) is 10.8. The van der Waals surface area contributed by atoms with Crippen molar-refractivity contribution in [3.05, 3.63) is 214 Å². The Kier molecular flexibility index (Phi) is 14.2. The fraction of sp³-hybridized carbons (Fsp3) is 0.240. The maximum Gasteiger partial charge on any atom is 0.119 e. The van der Waals surface area contributed by atoms with Crippen LogP contribution in [0.2, 0.25) is 5.02 Å². The molecule has 0 amide bonds. The molecular formula is C50H49ClO5. The second-order valence-electron chi connectivity index (χ2n) is 14.1. The molecule has 7 rings (SSSR count). The first kappa shape index (κ1) is 39.2. The minimum Gasteiger partial charge on any atom is -0.494 e. The topological polar surface area (TPSA) is 46.2 Å². The van der Waals surface area contributed by atoms with Gasteiger partial charge in [0.25, 0.3) is 0 Å². The van der Waals surface area contributed by atoms with Gasteiger partial charge in [-0.2, -0.15) is 0 Å². The van der Waals surface area contributed by atoms with Crippen molar-refractivity contribution in [2.75, 3.05) is 13.2 Å². The SMILES string of the molecule is CCOc1ccc(Cc2cc(C3=C[C@H](COCc4ccccc4)[C@@H](OCc4ccccc4)[C@H](OCc4ccccc4)[C@@H]3OCc3ccccc3)ccc2Cl)cc1. The summed E-state index contributed by atoms with van der Waals surface area (Å²) in [6, 6.07) is 55.6. The second kappa shape index (κ2) is 20.2. The van der Waals surface area contributed by atoms with E-state index >= 15 is 0 Å². The predicted octanol–water partition coefficient (Wildman–Crippen LogP) is 11.3. The van der Waals surface area contributed by atoms with Crippen molar-refractivity contribution in [2.24, 2.45) is 5.92 Å². The van der Waals surface area contributed by atoms with Crippen molar-refractivity contribution in [2.45, 2.75) is 58.1 Å². The highest BCUT2D eigenvalue weighted by Gasteiger charge is 2.43. The summed E-state index contributed by atoms with van der Waals surface area (Å²) in [6.45, 7) is 4.77. The summed E-state index contributed by atoms with van der Waals surface area (Å²) in [6.07, 6.45) is 1.64. The quantitative estimate of drug-likeness (QED) is 0.0872. The summed E-state index contributed by atoms with van der Waals surface area (Å²) >= 11 is 6.93. The average Bonchev–Trinajstić information content (AvgIpc) is 3.25. The summed E-state index contributed by atoms with van der Waals surface area (Å²) in [7, 11) is 0. The van der Waals surface area contributed by atoms with Crippen LogP contribution in [-0.2, 0) is 51.8 Å². The van der Waals surface area contributed by atoms with E-state index in [0.29, 0.717) is 51.1 Å². The van der Waals surface area contributed by atoms with E-state index in [1.54, 1.807) is 0 Å². The largest absolute Gasteiger partial charge is 0.494 e. The summed E-state index contributed by atoms with van der Waals surface area (Å²) in [5.74, 6) is 0.702. The van der Waals surface area contributed by atoms with Gasteiger partial charge in [-0.1, -0.05) is 157 Å². The molecule has 1 aliphatic carbocycles. The Morgan fingerprint density at radius 1 is 0.518 bits per heavy atom. The Bertz CT molecular complexity index is 2090. The number of hydrogen-bond acceptors (Lipinski definition) is 5. The van der Waals surface area contributed by atoms with Crippen molar-refractivity contribution < 1.29 is 23.7 Å². The fourth-order valence-electron chi connectivity index (χ4n) is 7.16. The molecular weight excluding hydrogens is 716 g/mol. The molecule has 0 radical (unpaired) electrons. The van der Waals surface area contributed by atoms with Crippen LogP contribution in [0.5, 0.6) is 5.75 Å². The van der Waals surface area contributed by atoms with Gasteiger partial charge in [0, 0.05) is 10.9 Å². The maximum atomic E-state index is 7.01. The lowest BCUT2D eigenvalue weighted by atomic mass is 9.80. The molecule has 0 spiro atoms. The molecule has 0 aromatic heterocycles. The van der Waals surface area contributed by atoms with Crippen LogP contribution >= 0.6 is 11.6 Å². The standard InChI is InChI=1S/C50H49ClO5/c1-2-53-45-26-23-37(24-27-45)29-43-30-42(25-28-47(43)51)46-31-44(36-52-32-38-15-7-3-8-16-38)48(54-33-39-17-9-4-10-18-39)50(56-35-41-21-13-6-14-22-41)49(46)55-34-40-19-11-5-12-20-40/h3-28,30-31,44,48-50H,2,29,32-36H2,1H3/t44-,48-,49-,50+/m1/s1. The lowest BCUT2D eigenvalue weighted by Gasteiger charge is -2.42. The third-order valence-corrected chi connectivity index (χ3v) is 10.4. The molecule has 6 aromatic carbocycles. The Morgan fingerprint density at radius 2 is 1.04 bits per heavy atom. The minimum absolute atomic E-state index is 0.153. The summed E-state index contributed by atoms with van der Waals surface area (Å²) in [4.78, 5) is 0. The molecule has 4 atom stereocenters. The first-order chi connectivity index (χ1) is 27.6. The minimum atomic E-state index is -0.474. The molecule has 0 saturated heterocycles. The zero-order valence-electron chi connectivity index (χ0n) is 31.8. The number of hydrogen-bond donors (Lipinski definition) is 0. The van der Waals surface area contributed by atoms with E-state index in [-0.39, 0.29) is 12.0 Å². The summed E-state index contributed by atoms with van der Waals surface area (Å²) in [5.41, 5.74) is 8.58. The fourth-order valence-corrected chi connectivity index (χ4v) is 7.35. The second-order valence-corrected chi connectivity index (χ2v) is 14.5. The van der Waals surface area contributed by atoms with Crippen LogP contribution in [0, 0.1) is 5.92 Å². The van der Waals surface area contributed by atoms with Crippen LogP contribution in [0.4, 0.5) is 0 Å². The monoisotopic (exact) mass is 764 g/mol. The van der Waals surface area contributed by atoms with E-state index in [1.165, 1.54) is 0 Å². The van der Waals surface area contributed by atoms with Gasteiger partial charge in [-0.3, -0.25) is 0 Å². The zero-order valence-corrected chi connectivity index (χ0v) is 32.6. The number of rotatable bonds is 18. The number of benzene rings is 6. The van der Waals surface area contributed by atoms with Gasteiger partial charge < -0.3 is 23.7 Å². The molecule has 6 aromatic rings. The molecule has 56 heavy (non-hydrogen) atoms. The van der Waals surface area contributed by atoms with Crippen LogP contribution in [0.3, 0.4) is 0 Å². The number of ether oxygens (including phenoxy) is 5. The van der Waals surface area contributed by atoms with Crippen molar-refractivity contribution in [1.82, 2.24) is 0 Å². The van der Waals surface area contributed by atoms with Crippen LogP contribution < -0.4 is 4.74 Å². The molecule has 0 N–H and O–H groups in total. The molecule has 0 heterocycles. The van der Waals surface area contributed by atoms with Gasteiger partial charge >= 0.3 is 0 Å². The van der Waals surface area contributed by atoms with Gasteiger partial charge in [0.1, 0.15) is 18.0 Å². The predicted molar refractivity (Wildman–Crippen MR) is 224 cm³/mol. The highest BCUT2D eigenvalue weighted by molar-refractivity contribution is 6.31. The Balaban J connectivity index is 1.28. The molecule has 0 bridgehead atoms. The molecule has 1 aliphatic rings.